The van der Waals surface area contributed by atoms with Gasteiger partial charge in [0, 0.05) is 26.2 Å². The molecule has 4 unspecified atom stereocenters. The lowest BCUT2D eigenvalue weighted by Crippen LogP contribution is -2.47. The SMILES string of the molecule is CCCCCCCCCCC(O)CN(CCCCC(C=O)NC(=O)C(CCCCN(CC(O)CCCCCCCCCC)C[C@@H](O)CCCCCCCCCC)NC)C[C@@H](O)CCCCCCCCCC. The molecule has 0 saturated heterocycles. The maximum atomic E-state index is 13.5. The average Bonchev–Trinajstić information content (AvgIpc) is 3.35. The molecule has 10 heteroatoms. The number of hydrogen-bond donors (Lipinski definition) is 6. The number of nitrogens with one attached hydrogen (secondary N) is 2. The van der Waals surface area contributed by atoms with Gasteiger partial charge in [-0.3, -0.25) is 14.6 Å². The second-order valence-corrected chi connectivity index (χ2v) is 22.3. The minimum Gasteiger partial charge on any atom is -0.392 e. The van der Waals surface area contributed by atoms with E-state index in [-0.39, 0.29) is 5.91 Å². The third kappa shape index (κ3) is 47.1. The summed E-state index contributed by atoms with van der Waals surface area (Å²) in [6, 6.07) is -0.973. The summed E-state index contributed by atoms with van der Waals surface area (Å²) in [4.78, 5) is 30.2. The number of rotatable bonds is 58. The van der Waals surface area contributed by atoms with Gasteiger partial charge < -0.3 is 35.9 Å². The van der Waals surface area contributed by atoms with Crippen LogP contribution in [0.15, 0.2) is 0 Å². The van der Waals surface area contributed by atoms with Gasteiger partial charge in [0.05, 0.1) is 36.5 Å². The predicted octanol–water partition coefficient (Wildman–Crippen LogP) is 13.8. The zero-order valence-corrected chi connectivity index (χ0v) is 48.0. The van der Waals surface area contributed by atoms with Gasteiger partial charge in [-0.05, 0) is 77.9 Å². The third-order valence-corrected chi connectivity index (χ3v) is 15.1. The molecular weight excluding hydrogens is 885 g/mol. The summed E-state index contributed by atoms with van der Waals surface area (Å²) < 4.78 is 0. The Balaban J connectivity index is 5.10. The minimum absolute atomic E-state index is 0.155. The molecule has 6 N–H and O–H groups in total. The van der Waals surface area contributed by atoms with Crippen molar-refractivity contribution in [3.63, 3.8) is 0 Å². The van der Waals surface area contributed by atoms with Crippen molar-refractivity contribution in [1.29, 1.82) is 0 Å². The minimum atomic E-state index is -0.562. The zero-order chi connectivity index (χ0) is 52.3. The highest BCUT2D eigenvalue weighted by Crippen LogP contribution is 2.17. The largest absolute Gasteiger partial charge is 0.392 e. The number of aliphatic hydroxyl groups excluding tert-OH is 4. The van der Waals surface area contributed by atoms with E-state index in [0.29, 0.717) is 39.0 Å². The maximum Gasteiger partial charge on any atom is 0.237 e. The van der Waals surface area contributed by atoms with E-state index in [1.54, 1.807) is 7.05 Å². The predicted molar refractivity (Wildman–Crippen MR) is 304 cm³/mol. The van der Waals surface area contributed by atoms with E-state index in [2.05, 4.69) is 48.1 Å². The van der Waals surface area contributed by atoms with Crippen molar-refractivity contribution < 1.29 is 30.0 Å². The lowest BCUT2D eigenvalue weighted by atomic mass is 10.0. The highest BCUT2D eigenvalue weighted by molar-refractivity contribution is 5.84. The van der Waals surface area contributed by atoms with Crippen LogP contribution in [0.5, 0.6) is 0 Å². The normalized spacial score (nSPS) is 14.5. The van der Waals surface area contributed by atoms with Crippen LogP contribution >= 0.6 is 0 Å². The van der Waals surface area contributed by atoms with Gasteiger partial charge in [-0.2, -0.15) is 0 Å². The van der Waals surface area contributed by atoms with Crippen molar-refractivity contribution in [1.82, 2.24) is 20.4 Å². The molecule has 0 aliphatic heterocycles. The molecule has 0 aliphatic rings. The molecule has 0 bridgehead atoms. The lowest BCUT2D eigenvalue weighted by molar-refractivity contribution is -0.126. The van der Waals surface area contributed by atoms with Gasteiger partial charge in [0.25, 0.3) is 0 Å². The standard InChI is InChI=1S/C61H124N4O6/c1-6-10-14-18-22-26-30-34-43-56(67)50-64(51-57(68)44-35-31-27-23-19-15-11-7-2)48-40-38-42-55(54-66)63-61(71)60(62-5)47-39-41-49-65(52-58(69)45-36-32-28-24-20-16-12-8-3)53-59(70)46-37-33-29-25-21-17-13-9-4/h54-60,62,67-70H,6-53H2,1-5H3,(H,63,71)/t55?,56-,57?,58-,59?,60?/m0/s1. The average molecular weight is 1010 g/mol. The molecule has 71 heavy (non-hydrogen) atoms. The fourth-order valence-corrected chi connectivity index (χ4v) is 10.4. The van der Waals surface area contributed by atoms with Gasteiger partial charge in [-0.15, -0.1) is 0 Å². The van der Waals surface area contributed by atoms with Crippen LogP contribution in [0.25, 0.3) is 0 Å². The molecule has 0 aromatic heterocycles. The van der Waals surface area contributed by atoms with Crippen LogP contribution in [-0.4, -0.2) is 125 Å². The Labute approximate surface area is 441 Å². The topological polar surface area (TPSA) is 146 Å². The van der Waals surface area contributed by atoms with E-state index >= 15 is 0 Å². The summed E-state index contributed by atoms with van der Waals surface area (Å²) in [5.41, 5.74) is 0. The molecule has 6 atom stereocenters. The molecule has 0 saturated carbocycles. The van der Waals surface area contributed by atoms with Gasteiger partial charge in [0.1, 0.15) is 6.29 Å². The van der Waals surface area contributed by atoms with E-state index in [4.69, 9.17) is 0 Å². The Hall–Kier alpha value is -1.14. The molecule has 424 valence electrons. The summed E-state index contributed by atoms with van der Waals surface area (Å²) in [6.07, 6.45) is 46.6. The van der Waals surface area contributed by atoms with Crippen LogP contribution in [0.2, 0.25) is 0 Å². The first-order chi connectivity index (χ1) is 34.6. The van der Waals surface area contributed by atoms with Gasteiger partial charge in [-0.1, -0.05) is 240 Å². The van der Waals surface area contributed by atoms with Crippen molar-refractivity contribution in [2.45, 2.75) is 334 Å². The number of aldehydes is 1. The summed E-state index contributed by atoms with van der Waals surface area (Å²) >= 11 is 0. The number of aliphatic hydroxyl groups is 4. The second-order valence-electron chi connectivity index (χ2n) is 22.3. The van der Waals surface area contributed by atoms with Gasteiger partial charge in [0.2, 0.25) is 5.91 Å². The molecule has 0 aromatic rings. The third-order valence-electron chi connectivity index (χ3n) is 15.1. The molecule has 0 radical (unpaired) electrons. The molecule has 0 aromatic carbocycles. The van der Waals surface area contributed by atoms with Gasteiger partial charge in [0.15, 0.2) is 0 Å². The van der Waals surface area contributed by atoms with Crippen LogP contribution in [0.4, 0.5) is 0 Å². The van der Waals surface area contributed by atoms with Crippen molar-refractivity contribution in [3.8, 4) is 0 Å². The summed E-state index contributed by atoms with van der Waals surface area (Å²) in [7, 11) is 1.80. The van der Waals surface area contributed by atoms with Crippen LogP contribution in [0, 0.1) is 0 Å². The second kappa shape index (κ2) is 53.7. The molecule has 0 heterocycles. The Morgan fingerprint density at radius 2 is 0.634 bits per heavy atom. The van der Waals surface area contributed by atoms with E-state index in [0.717, 1.165) is 122 Å². The van der Waals surface area contributed by atoms with E-state index < -0.39 is 36.5 Å². The highest BCUT2D eigenvalue weighted by atomic mass is 16.3. The van der Waals surface area contributed by atoms with E-state index in [1.807, 2.05) is 0 Å². The summed E-state index contributed by atoms with van der Waals surface area (Å²) in [6.45, 7) is 12.8. The fourth-order valence-electron chi connectivity index (χ4n) is 10.4. The first-order valence-corrected chi connectivity index (χ1v) is 31.2. The summed E-state index contributed by atoms with van der Waals surface area (Å²) in [5, 5.41) is 50.5. The van der Waals surface area contributed by atoms with Gasteiger partial charge >= 0.3 is 0 Å². The molecule has 0 fully saturated rings. The van der Waals surface area contributed by atoms with Crippen molar-refractivity contribution in [2.24, 2.45) is 0 Å². The monoisotopic (exact) mass is 1010 g/mol. The first-order valence-electron chi connectivity index (χ1n) is 31.2. The van der Waals surface area contributed by atoms with Crippen LogP contribution < -0.4 is 10.6 Å². The van der Waals surface area contributed by atoms with Crippen LogP contribution in [0.1, 0.15) is 297 Å². The number of carbonyl (C=O) groups excluding carboxylic acids is 2. The smallest absolute Gasteiger partial charge is 0.237 e. The Morgan fingerprint density at radius 3 is 0.901 bits per heavy atom. The number of likely N-dealkylation sites (N-methyl/N-ethyl adjacent to an activating group) is 1. The zero-order valence-electron chi connectivity index (χ0n) is 48.0. The van der Waals surface area contributed by atoms with Crippen molar-refractivity contribution in [3.05, 3.63) is 0 Å². The molecule has 10 nitrogen and oxygen atoms in total. The quantitative estimate of drug-likeness (QED) is 0.0259. The summed E-state index contributed by atoms with van der Waals surface area (Å²) in [5.74, 6) is -0.155. The van der Waals surface area contributed by atoms with Crippen LogP contribution in [-0.2, 0) is 9.59 Å². The van der Waals surface area contributed by atoms with Gasteiger partial charge in [-0.25, -0.2) is 0 Å². The number of amides is 1. The molecule has 0 rings (SSSR count). The number of carbonyl (C=O) groups is 2. The molecule has 1 amide bonds. The first kappa shape index (κ1) is 69.9. The van der Waals surface area contributed by atoms with Crippen molar-refractivity contribution in [2.75, 3.05) is 46.3 Å². The number of unbranched alkanes of at least 4 members (excludes halogenated alkanes) is 30. The number of nitrogens with zero attached hydrogens (tertiary/aromatic N) is 2. The molecule has 0 aliphatic carbocycles. The highest BCUT2D eigenvalue weighted by Gasteiger charge is 2.22. The number of hydrogen-bond acceptors (Lipinski definition) is 9. The maximum absolute atomic E-state index is 13.5. The molecule has 0 spiro atoms. The fraction of sp³-hybridized carbons (Fsp3) is 0.967. The Morgan fingerprint density at radius 1 is 0.380 bits per heavy atom. The molecular formula is C61H124N4O6. The van der Waals surface area contributed by atoms with E-state index in [9.17, 15) is 30.0 Å². The van der Waals surface area contributed by atoms with Crippen molar-refractivity contribution >= 4 is 12.2 Å². The lowest BCUT2D eigenvalue weighted by Gasteiger charge is -2.28. The Bertz CT molecular complexity index is 1050. The Kier molecular flexibility index (Phi) is 52.8. The van der Waals surface area contributed by atoms with E-state index in [1.165, 1.54) is 154 Å². The van der Waals surface area contributed by atoms with Crippen LogP contribution in [0.3, 0.4) is 0 Å².